The summed E-state index contributed by atoms with van der Waals surface area (Å²) in [4.78, 5) is 58.1. The van der Waals surface area contributed by atoms with Gasteiger partial charge in [0.05, 0.1) is 40.0 Å². The third-order valence-electron chi connectivity index (χ3n) is 20.2. The molecule has 3 aromatic carbocycles. The minimum absolute atomic E-state index is 0.00253. The van der Waals surface area contributed by atoms with Gasteiger partial charge in [0.15, 0.2) is 0 Å². The third kappa shape index (κ3) is 13.9. The Bertz CT molecular complexity index is 3520. The fraction of sp³-hybridized carbons (Fsp3) is 0.500. The van der Waals surface area contributed by atoms with Crippen molar-refractivity contribution < 1.29 is 23.8 Å². The van der Waals surface area contributed by atoms with Crippen LogP contribution >= 0.6 is 9.24 Å². The summed E-state index contributed by atoms with van der Waals surface area (Å²) in [6, 6.07) is 16.2. The zero-order valence-electron chi connectivity index (χ0n) is 53.8. The molecular formula is C74H95FN9O4P. The minimum Gasteiger partial charge on any atom is -0.516 e. The number of fused-ring (bicyclic) bond motifs is 5. The summed E-state index contributed by atoms with van der Waals surface area (Å²) in [6.45, 7) is 34.9. The number of carbonyl (C=O) groups is 2. The second-order valence-corrected chi connectivity index (χ2v) is 26.8. The zero-order chi connectivity index (χ0) is 63.3. The van der Waals surface area contributed by atoms with Crippen LogP contribution in [0, 0.1) is 35.9 Å². The van der Waals surface area contributed by atoms with Gasteiger partial charge in [0.25, 0.3) is 5.91 Å². The van der Waals surface area contributed by atoms with Crippen LogP contribution in [0.1, 0.15) is 146 Å². The number of carbonyl (C=O) groups excluding carboxylic acids is 2. The largest absolute Gasteiger partial charge is 0.516 e. The summed E-state index contributed by atoms with van der Waals surface area (Å²) in [5.41, 5.74) is 8.21. The Labute approximate surface area is 531 Å². The monoisotopic (exact) mass is 1220 g/mol. The molecule has 0 spiro atoms. The molecule has 1 saturated carbocycles. The molecule has 12 rings (SSSR count). The van der Waals surface area contributed by atoms with E-state index in [4.69, 9.17) is 31.2 Å². The number of benzene rings is 3. The lowest BCUT2D eigenvalue weighted by Gasteiger charge is -2.45. The van der Waals surface area contributed by atoms with E-state index in [9.17, 15) is 9.59 Å². The highest BCUT2D eigenvalue weighted by Gasteiger charge is 2.53. The van der Waals surface area contributed by atoms with Crippen LogP contribution in [0.2, 0.25) is 0 Å². The van der Waals surface area contributed by atoms with E-state index in [1.807, 2.05) is 63.5 Å². The lowest BCUT2D eigenvalue weighted by Crippen LogP contribution is -2.59. The number of likely N-dealkylation sites (tertiary alicyclic amines) is 1. The number of piperidine rings is 1. The Hall–Kier alpha value is -6.91. The first-order valence-electron chi connectivity index (χ1n) is 32.9. The predicted molar refractivity (Wildman–Crippen MR) is 367 cm³/mol. The molecule has 472 valence electrons. The van der Waals surface area contributed by atoms with Gasteiger partial charge in [-0.3, -0.25) is 24.4 Å². The molecule has 15 heteroatoms. The van der Waals surface area contributed by atoms with Crippen molar-refractivity contribution >= 4 is 65.6 Å². The molecule has 13 nitrogen and oxygen atoms in total. The summed E-state index contributed by atoms with van der Waals surface area (Å²) in [6.07, 6.45) is 26.4. The topological polar surface area (TPSA) is 122 Å². The molecule has 1 N–H and O–H groups in total. The summed E-state index contributed by atoms with van der Waals surface area (Å²) < 4.78 is 22.2. The van der Waals surface area contributed by atoms with Crippen LogP contribution in [0.3, 0.4) is 0 Å². The fourth-order valence-electron chi connectivity index (χ4n) is 15.0. The van der Waals surface area contributed by atoms with Crippen LogP contribution in [-0.2, 0) is 4.79 Å². The number of hydrogen-bond acceptors (Lipinski definition) is 11. The molecule has 2 aromatic heterocycles. The molecule has 0 radical (unpaired) electrons. The lowest BCUT2D eigenvalue weighted by molar-refractivity contribution is -0.142. The smallest absolute Gasteiger partial charge is 0.319 e. The van der Waals surface area contributed by atoms with Gasteiger partial charge in [-0.05, 0) is 143 Å². The van der Waals surface area contributed by atoms with Crippen molar-refractivity contribution in [1.29, 1.82) is 0 Å². The molecule has 5 aromatic rings. The number of allylic oxidation sites excluding steroid dienone is 2. The van der Waals surface area contributed by atoms with Crippen molar-refractivity contribution in [3.63, 3.8) is 0 Å². The number of pyridine rings is 1. The Kier molecular flexibility index (Phi) is 20.8. The summed E-state index contributed by atoms with van der Waals surface area (Å²) >= 11 is 0. The standard InChI is InChI=1S/C68H83FN9O3P.C4H6O.C2H6/c1-10-43(5)19-21-50(12-3)73(9)66(80)56-25-24-51(33-47(56)11-2)75-31-28-49(29-32-75)65(79)78-53-22-23-54(78)41-74(40-53)39-52-27-30-68(34-46(8)38-77(52)68)42-81-67-71-62-58(64(72-67)76-36-44(6)17-18-45(7)37-76)35-70-61(63(62)82)57-16-14-15-48-20-26-59(69)55(13-4)60(48)57;5-3-4-1-2-4;1-2/h4,11-12,14-16,20,24-26,33,35,44-45,49-50,52-54H,2-3,5,8,10,17-19,21-23,27-32,34,36-42,82H2,1,6-7,9H3;3,5H,1-2H2;1-2H3. The molecule has 7 fully saturated rings. The number of aromatic nitrogens is 3. The van der Waals surface area contributed by atoms with E-state index in [0.29, 0.717) is 53.0 Å². The first-order valence-corrected chi connectivity index (χ1v) is 33.5. The maximum absolute atomic E-state index is 15.3. The molecule has 8 unspecified atom stereocenters. The molecule has 2 amide bonds. The predicted octanol–water partition coefficient (Wildman–Crippen LogP) is 13.7. The van der Waals surface area contributed by atoms with E-state index in [1.54, 1.807) is 17.0 Å². The number of aliphatic hydroxyl groups excluding tert-OH is 1. The number of hydrogen-bond donors (Lipinski definition) is 1. The first-order chi connectivity index (χ1) is 43.0. The number of anilines is 2. The quantitative estimate of drug-likeness (QED) is 0.0414. The summed E-state index contributed by atoms with van der Waals surface area (Å²) in [5.74, 6) is 4.26. The summed E-state index contributed by atoms with van der Waals surface area (Å²) in [7, 11) is 4.75. The molecule has 6 saturated heterocycles. The number of nitrogens with zero attached hydrogens (tertiary/aromatic N) is 9. The van der Waals surface area contributed by atoms with Gasteiger partial charge in [-0.25, -0.2) is 4.39 Å². The van der Waals surface area contributed by atoms with Gasteiger partial charge in [-0.15, -0.1) is 22.2 Å². The zero-order valence-corrected chi connectivity index (χ0v) is 54.9. The van der Waals surface area contributed by atoms with Gasteiger partial charge in [-0.1, -0.05) is 108 Å². The number of amides is 2. The normalized spacial score (nSPS) is 23.8. The molecule has 7 aliphatic rings. The van der Waals surface area contributed by atoms with E-state index >= 15 is 4.39 Å². The highest BCUT2D eigenvalue weighted by Crippen LogP contribution is 2.46. The van der Waals surface area contributed by atoms with E-state index in [2.05, 4.69) is 92.8 Å². The highest BCUT2D eigenvalue weighted by atomic mass is 31.0. The molecule has 6 aliphatic heterocycles. The van der Waals surface area contributed by atoms with Crippen LogP contribution in [0.25, 0.3) is 39.0 Å². The molecule has 8 atom stereocenters. The Morgan fingerprint density at radius 3 is 2.33 bits per heavy atom. The lowest BCUT2D eigenvalue weighted by atomic mass is 9.93. The van der Waals surface area contributed by atoms with E-state index < -0.39 is 5.82 Å². The molecule has 1 aliphatic carbocycles. The minimum atomic E-state index is -0.438. The number of likely N-dealkylation sites (N-methyl/N-ethyl adjacent to an activating group) is 1. The number of piperazine rings is 1. The van der Waals surface area contributed by atoms with Gasteiger partial charge >= 0.3 is 6.01 Å². The van der Waals surface area contributed by atoms with Gasteiger partial charge < -0.3 is 29.4 Å². The van der Waals surface area contributed by atoms with Crippen LogP contribution < -0.4 is 19.8 Å². The van der Waals surface area contributed by atoms with Gasteiger partial charge in [0.1, 0.15) is 18.2 Å². The average Bonchev–Trinajstić information content (AvgIpc) is 1.76. The molecule has 8 heterocycles. The Balaban J connectivity index is 0.00000118. The maximum atomic E-state index is 15.3. The average molecular weight is 1220 g/mol. The van der Waals surface area contributed by atoms with Crippen molar-refractivity contribution in [1.82, 2.24) is 34.6 Å². The molecule has 2 bridgehead atoms. The Morgan fingerprint density at radius 1 is 0.966 bits per heavy atom. The third-order valence-corrected chi connectivity index (χ3v) is 20.7. The van der Waals surface area contributed by atoms with Crippen molar-refractivity contribution in [2.24, 2.45) is 17.8 Å². The van der Waals surface area contributed by atoms with Crippen LogP contribution in [0.15, 0.2) is 110 Å². The second kappa shape index (κ2) is 28.5. The van der Waals surface area contributed by atoms with E-state index in [-0.39, 0.29) is 41.1 Å². The van der Waals surface area contributed by atoms with Gasteiger partial charge in [0, 0.05) is 117 Å². The van der Waals surface area contributed by atoms with Crippen LogP contribution in [-0.4, -0.2) is 147 Å². The van der Waals surface area contributed by atoms with Crippen LogP contribution in [0.4, 0.5) is 15.9 Å². The Morgan fingerprint density at radius 2 is 1.69 bits per heavy atom. The van der Waals surface area contributed by atoms with E-state index in [1.165, 1.54) is 29.0 Å². The van der Waals surface area contributed by atoms with Crippen molar-refractivity contribution in [2.75, 3.05) is 75.8 Å². The maximum Gasteiger partial charge on any atom is 0.319 e. The van der Waals surface area contributed by atoms with Crippen molar-refractivity contribution in [2.45, 2.75) is 154 Å². The van der Waals surface area contributed by atoms with Crippen molar-refractivity contribution in [3.05, 3.63) is 133 Å². The highest BCUT2D eigenvalue weighted by molar-refractivity contribution is 7.28. The van der Waals surface area contributed by atoms with E-state index in [0.717, 1.165) is 186 Å². The second-order valence-electron chi connectivity index (χ2n) is 26.3. The van der Waals surface area contributed by atoms with Crippen LogP contribution in [0.5, 0.6) is 6.01 Å². The molecule has 89 heavy (non-hydrogen) atoms. The number of ether oxygens (including phenoxy) is 1. The number of rotatable bonds is 17. The number of aliphatic hydroxyl groups is 1. The van der Waals surface area contributed by atoms with Gasteiger partial charge in [0.2, 0.25) is 5.91 Å². The summed E-state index contributed by atoms with van der Waals surface area (Å²) in [5, 5.41) is 11.2. The fourth-order valence-corrected chi connectivity index (χ4v) is 15.5. The first kappa shape index (κ1) is 65.1. The van der Waals surface area contributed by atoms with Crippen molar-refractivity contribution in [3.8, 4) is 29.6 Å². The number of halogens is 1. The molecular weight excluding hydrogens is 1130 g/mol. The number of terminal acetylenes is 1. The van der Waals surface area contributed by atoms with Gasteiger partial charge in [-0.2, -0.15) is 9.97 Å². The SMILES string of the molecule is C#Cc1c(F)ccc2cccc(-c3ncc4c(N5CC(C)CCC(C)C5)nc(OCC56CCC(CN7CC8CCC(C7)N8C(=O)C7CCN(c8ccc(C(=O)N(C)C(C=C)CCC(=C)CC)c(C=C)c8)CC7)N5CC(=C)C6)nc4c3P)c12.CC.OC=C1CC1.